The van der Waals surface area contributed by atoms with E-state index in [9.17, 15) is 0 Å². The molecule has 0 unspecified atom stereocenters. The molecular weight excluding hydrogens is 228 g/mol. The highest BCUT2D eigenvalue weighted by atomic mass is 79.9. The molecule has 13 heavy (non-hydrogen) atoms. The fourth-order valence-electron chi connectivity index (χ4n) is 1.24. The van der Waals surface area contributed by atoms with Crippen molar-refractivity contribution in [3.8, 4) is 0 Å². The van der Waals surface area contributed by atoms with Gasteiger partial charge in [0.25, 0.3) is 0 Å². The highest BCUT2D eigenvalue weighted by Crippen LogP contribution is 2.23. The van der Waals surface area contributed by atoms with Crippen molar-refractivity contribution in [2.24, 2.45) is 5.73 Å². The lowest BCUT2D eigenvalue weighted by atomic mass is 10.1. The molecule has 0 radical (unpaired) electrons. The molecule has 0 aliphatic carbocycles. The van der Waals surface area contributed by atoms with Gasteiger partial charge in [-0.15, -0.1) is 0 Å². The van der Waals surface area contributed by atoms with Crippen molar-refractivity contribution in [2.45, 2.75) is 13.5 Å². The lowest BCUT2D eigenvalue weighted by Crippen LogP contribution is -2.18. The fraction of sp³-hybridized carbons (Fsp3) is 0.400. The summed E-state index contributed by atoms with van der Waals surface area (Å²) in [4.78, 5) is 2.19. The zero-order chi connectivity index (χ0) is 9.84. The first-order valence-electron chi connectivity index (χ1n) is 4.38. The summed E-state index contributed by atoms with van der Waals surface area (Å²) in [5.41, 5.74) is 8.05. The summed E-state index contributed by atoms with van der Waals surface area (Å²) in [6, 6.07) is 6.19. The van der Waals surface area contributed by atoms with E-state index >= 15 is 0 Å². The second-order valence-electron chi connectivity index (χ2n) is 2.99. The van der Waals surface area contributed by atoms with E-state index in [2.05, 4.69) is 46.9 Å². The smallest absolute Gasteiger partial charge is 0.0420 e. The zero-order valence-electron chi connectivity index (χ0n) is 8.05. The summed E-state index contributed by atoms with van der Waals surface area (Å²) in [6.07, 6.45) is 0. The Labute approximate surface area is 87.9 Å². The van der Waals surface area contributed by atoms with Crippen LogP contribution in [-0.4, -0.2) is 13.6 Å². The van der Waals surface area contributed by atoms with E-state index in [0.717, 1.165) is 11.0 Å². The average molecular weight is 243 g/mol. The van der Waals surface area contributed by atoms with Crippen LogP contribution in [0.5, 0.6) is 0 Å². The van der Waals surface area contributed by atoms with Gasteiger partial charge in [-0.1, -0.05) is 22.0 Å². The molecule has 0 bridgehead atoms. The molecule has 0 atom stereocenters. The molecule has 0 heterocycles. The van der Waals surface area contributed by atoms with Gasteiger partial charge in [0, 0.05) is 30.3 Å². The van der Waals surface area contributed by atoms with Gasteiger partial charge in [-0.25, -0.2) is 0 Å². The molecule has 0 aliphatic heterocycles. The Morgan fingerprint density at radius 1 is 1.46 bits per heavy atom. The molecule has 1 rings (SSSR count). The van der Waals surface area contributed by atoms with Crippen LogP contribution in [0.1, 0.15) is 12.5 Å². The van der Waals surface area contributed by atoms with Crippen molar-refractivity contribution in [3.63, 3.8) is 0 Å². The first kappa shape index (κ1) is 10.5. The molecule has 0 saturated carbocycles. The Morgan fingerprint density at radius 3 is 2.69 bits per heavy atom. The van der Waals surface area contributed by atoms with Crippen LogP contribution in [0.25, 0.3) is 0 Å². The SMILES string of the molecule is CCN(C)c1cc(Br)ccc1CN. The van der Waals surface area contributed by atoms with Gasteiger partial charge in [0.1, 0.15) is 0 Å². The van der Waals surface area contributed by atoms with Crippen molar-refractivity contribution < 1.29 is 0 Å². The molecule has 1 aromatic rings. The van der Waals surface area contributed by atoms with Crippen LogP contribution in [0.15, 0.2) is 22.7 Å². The number of anilines is 1. The lowest BCUT2D eigenvalue weighted by molar-refractivity contribution is 0.940. The second-order valence-corrected chi connectivity index (χ2v) is 3.91. The largest absolute Gasteiger partial charge is 0.375 e. The summed E-state index contributed by atoms with van der Waals surface area (Å²) in [5.74, 6) is 0. The minimum Gasteiger partial charge on any atom is -0.375 e. The maximum absolute atomic E-state index is 5.65. The van der Waals surface area contributed by atoms with Crippen molar-refractivity contribution in [1.82, 2.24) is 0 Å². The Kier molecular flexibility index (Phi) is 3.75. The standard InChI is InChI=1S/C10H15BrN2/c1-3-13(2)10-6-9(11)5-4-8(10)7-12/h4-6H,3,7,12H2,1-2H3. The zero-order valence-corrected chi connectivity index (χ0v) is 9.63. The number of halogens is 1. The van der Waals surface area contributed by atoms with Crippen LogP contribution >= 0.6 is 15.9 Å². The Bertz CT molecular complexity index is 286. The minimum atomic E-state index is 0.590. The number of rotatable bonds is 3. The van der Waals surface area contributed by atoms with Gasteiger partial charge in [-0.2, -0.15) is 0 Å². The Morgan fingerprint density at radius 2 is 2.15 bits per heavy atom. The molecule has 3 heteroatoms. The number of benzene rings is 1. The fourth-order valence-corrected chi connectivity index (χ4v) is 1.58. The van der Waals surface area contributed by atoms with E-state index < -0.39 is 0 Å². The van der Waals surface area contributed by atoms with Crippen LogP contribution in [0.2, 0.25) is 0 Å². The van der Waals surface area contributed by atoms with Gasteiger partial charge in [-0.05, 0) is 24.6 Å². The molecular formula is C10H15BrN2. The third kappa shape index (κ3) is 2.45. The molecule has 0 amide bonds. The van der Waals surface area contributed by atoms with Crippen LogP contribution < -0.4 is 10.6 Å². The summed E-state index contributed by atoms with van der Waals surface area (Å²) in [6.45, 7) is 3.71. The molecule has 2 nitrogen and oxygen atoms in total. The molecule has 0 aromatic heterocycles. The van der Waals surface area contributed by atoms with E-state index in [1.165, 1.54) is 11.3 Å². The molecule has 0 spiro atoms. The summed E-state index contributed by atoms with van der Waals surface area (Å²) in [5, 5.41) is 0. The van der Waals surface area contributed by atoms with E-state index in [-0.39, 0.29) is 0 Å². The molecule has 1 aromatic carbocycles. The second kappa shape index (κ2) is 4.63. The molecule has 72 valence electrons. The van der Waals surface area contributed by atoms with Gasteiger partial charge in [0.05, 0.1) is 0 Å². The molecule has 0 saturated heterocycles. The predicted molar refractivity (Wildman–Crippen MR) is 61.0 cm³/mol. The Hall–Kier alpha value is -0.540. The first-order chi connectivity index (χ1) is 6.19. The topological polar surface area (TPSA) is 29.3 Å². The third-order valence-electron chi connectivity index (χ3n) is 2.15. The normalized spacial score (nSPS) is 10.2. The van der Waals surface area contributed by atoms with Crippen LogP contribution in [-0.2, 0) is 6.54 Å². The van der Waals surface area contributed by atoms with Gasteiger partial charge in [0.15, 0.2) is 0 Å². The Balaban J connectivity index is 3.07. The van der Waals surface area contributed by atoms with Crippen molar-refractivity contribution in [1.29, 1.82) is 0 Å². The third-order valence-corrected chi connectivity index (χ3v) is 2.65. The first-order valence-corrected chi connectivity index (χ1v) is 5.18. The van der Waals surface area contributed by atoms with Gasteiger partial charge in [0.2, 0.25) is 0 Å². The number of hydrogen-bond acceptors (Lipinski definition) is 2. The van der Waals surface area contributed by atoms with Gasteiger partial charge < -0.3 is 10.6 Å². The van der Waals surface area contributed by atoms with Crippen LogP contribution in [0.3, 0.4) is 0 Å². The van der Waals surface area contributed by atoms with Crippen molar-refractivity contribution in [3.05, 3.63) is 28.2 Å². The molecule has 0 aliphatic rings. The van der Waals surface area contributed by atoms with E-state index in [1.54, 1.807) is 0 Å². The van der Waals surface area contributed by atoms with E-state index in [1.807, 2.05) is 6.07 Å². The van der Waals surface area contributed by atoms with Crippen molar-refractivity contribution >= 4 is 21.6 Å². The highest BCUT2D eigenvalue weighted by Gasteiger charge is 2.04. The maximum Gasteiger partial charge on any atom is 0.0420 e. The predicted octanol–water partition coefficient (Wildman–Crippen LogP) is 2.36. The summed E-state index contributed by atoms with van der Waals surface area (Å²) < 4.78 is 1.10. The summed E-state index contributed by atoms with van der Waals surface area (Å²) >= 11 is 3.46. The highest BCUT2D eigenvalue weighted by molar-refractivity contribution is 9.10. The maximum atomic E-state index is 5.65. The van der Waals surface area contributed by atoms with Crippen LogP contribution in [0, 0.1) is 0 Å². The van der Waals surface area contributed by atoms with E-state index in [4.69, 9.17) is 5.73 Å². The van der Waals surface area contributed by atoms with Crippen molar-refractivity contribution in [2.75, 3.05) is 18.5 Å². The quantitative estimate of drug-likeness (QED) is 0.883. The molecule has 2 N–H and O–H groups in total. The number of nitrogens with zero attached hydrogens (tertiary/aromatic N) is 1. The van der Waals surface area contributed by atoms with Crippen LogP contribution in [0.4, 0.5) is 5.69 Å². The number of nitrogens with two attached hydrogens (primary N) is 1. The average Bonchev–Trinajstić information content (AvgIpc) is 2.16. The van der Waals surface area contributed by atoms with Gasteiger partial charge >= 0.3 is 0 Å². The lowest BCUT2D eigenvalue weighted by Gasteiger charge is -2.20. The monoisotopic (exact) mass is 242 g/mol. The number of hydrogen-bond donors (Lipinski definition) is 1. The minimum absolute atomic E-state index is 0.590. The van der Waals surface area contributed by atoms with E-state index in [0.29, 0.717) is 6.54 Å². The summed E-state index contributed by atoms with van der Waals surface area (Å²) in [7, 11) is 2.07. The van der Waals surface area contributed by atoms with Gasteiger partial charge in [-0.3, -0.25) is 0 Å². The molecule has 0 fully saturated rings.